The molecule has 0 bridgehead atoms. The van der Waals surface area contributed by atoms with E-state index in [2.05, 4.69) is 24.1 Å². The summed E-state index contributed by atoms with van der Waals surface area (Å²) < 4.78 is 0. The molecule has 1 amide bonds. The lowest BCUT2D eigenvalue weighted by molar-refractivity contribution is -0.128. The number of nitrogens with one attached hydrogen (secondary N) is 1. The minimum atomic E-state index is 0.247. The van der Waals surface area contributed by atoms with Crippen LogP contribution in [0, 0.1) is 11.8 Å². The molecule has 1 atom stereocenters. The van der Waals surface area contributed by atoms with Crippen LogP contribution >= 0.6 is 0 Å². The first-order chi connectivity index (χ1) is 9.49. The summed E-state index contributed by atoms with van der Waals surface area (Å²) in [7, 11) is 3.67. The highest BCUT2D eigenvalue weighted by atomic mass is 16.2. The quantitative estimate of drug-likeness (QED) is 0.738. The lowest BCUT2D eigenvalue weighted by atomic mass is 9.97. The molecule has 0 aromatic heterocycles. The van der Waals surface area contributed by atoms with Crippen molar-refractivity contribution < 1.29 is 4.79 Å². The molecular formula is C16H33N3O. The second-order valence-electron chi connectivity index (χ2n) is 6.75. The summed E-state index contributed by atoms with van der Waals surface area (Å²) in [5.41, 5.74) is 0. The number of hydrogen-bond acceptors (Lipinski definition) is 3. The predicted octanol–water partition coefficient (Wildman–Crippen LogP) is 1.81. The molecule has 0 aliphatic carbocycles. The van der Waals surface area contributed by atoms with Crippen LogP contribution in [0.25, 0.3) is 0 Å². The van der Waals surface area contributed by atoms with Crippen LogP contribution in [0.1, 0.15) is 39.5 Å². The van der Waals surface area contributed by atoms with Crippen molar-refractivity contribution >= 4 is 5.91 Å². The van der Waals surface area contributed by atoms with E-state index >= 15 is 0 Å². The maximum Gasteiger partial charge on any atom is 0.222 e. The highest BCUT2D eigenvalue weighted by molar-refractivity contribution is 5.75. The van der Waals surface area contributed by atoms with E-state index in [1.54, 1.807) is 4.90 Å². The topological polar surface area (TPSA) is 35.6 Å². The van der Waals surface area contributed by atoms with Gasteiger partial charge in [0.1, 0.15) is 0 Å². The molecule has 0 radical (unpaired) electrons. The van der Waals surface area contributed by atoms with Crippen LogP contribution in [0.4, 0.5) is 0 Å². The van der Waals surface area contributed by atoms with E-state index < -0.39 is 0 Å². The van der Waals surface area contributed by atoms with Crippen molar-refractivity contribution in [2.24, 2.45) is 11.8 Å². The van der Waals surface area contributed by atoms with E-state index in [1.165, 1.54) is 25.9 Å². The molecule has 20 heavy (non-hydrogen) atoms. The molecule has 1 unspecified atom stereocenters. The third-order valence-corrected chi connectivity index (χ3v) is 3.95. The lowest BCUT2D eigenvalue weighted by Gasteiger charge is -2.33. The molecule has 0 aromatic rings. The van der Waals surface area contributed by atoms with Crippen molar-refractivity contribution in [2.75, 3.05) is 46.8 Å². The van der Waals surface area contributed by atoms with Gasteiger partial charge < -0.3 is 15.1 Å². The fourth-order valence-electron chi connectivity index (χ4n) is 2.77. The highest BCUT2D eigenvalue weighted by Gasteiger charge is 2.19. The molecule has 118 valence electrons. The average molecular weight is 283 g/mol. The predicted molar refractivity (Wildman–Crippen MR) is 84.8 cm³/mol. The molecule has 1 rings (SSSR count). The van der Waals surface area contributed by atoms with Crippen LogP contribution in [-0.4, -0.2) is 62.5 Å². The van der Waals surface area contributed by atoms with Crippen molar-refractivity contribution in [3.8, 4) is 0 Å². The molecule has 1 fully saturated rings. The maximum atomic E-state index is 11.6. The van der Waals surface area contributed by atoms with E-state index in [0.29, 0.717) is 6.42 Å². The number of amides is 1. The van der Waals surface area contributed by atoms with Gasteiger partial charge in [0.05, 0.1) is 0 Å². The van der Waals surface area contributed by atoms with Gasteiger partial charge >= 0.3 is 0 Å². The van der Waals surface area contributed by atoms with Gasteiger partial charge in [-0.2, -0.15) is 0 Å². The first kappa shape index (κ1) is 17.4. The molecule has 1 N–H and O–H groups in total. The molecular weight excluding hydrogens is 250 g/mol. The van der Waals surface area contributed by atoms with Gasteiger partial charge in [-0.3, -0.25) is 4.79 Å². The Balaban J connectivity index is 2.15. The Morgan fingerprint density at radius 3 is 2.80 bits per heavy atom. The Labute approximate surface area is 124 Å². The summed E-state index contributed by atoms with van der Waals surface area (Å²) in [5, 5.41) is 3.58. The van der Waals surface area contributed by atoms with Gasteiger partial charge in [-0.1, -0.05) is 13.8 Å². The van der Waals surface area contributed by atoms with Crippen LogP contribution in [0.2, 0.25) is 0 Å². The second kappa shape index (κ2) is 9.35. The minimum absolute atomic E-state index is 0.247. The van der Waals surface area contributed by atoms with Gasteiger partial charge in [-0.15, -0.1) is 0 Å². The monoisotopic (exact) mass is 283 g/mol. The lowest BCUT2D eigenvalue weighted by Crippen LogP contribution is -2.40. The van der Waals surface area contributed by atoms with Gasteiger partial charge in [-0.05, 0) is 57.3 Å². The van der Waals surface area contributed by atoms with Gasteiger partial charge in [0.2, 0.25) is 5.91 Å². The zero-order valence-corrected chi connectivity index (χ0v) is 13.8. The summed E-state index contributed by atoms with van der Waals surface area (Å²) in [6.45, 7) is 10.2. The molecule has 0 saturated carbocycles. The minimum Gasteiger partial charge on any atom is -0.349 e. The van der Waals surface area contributed by atoms with Crippen LogP contribution in [-0.2, 0) is 4.79 Å². The summed E-state index contributed by atoms with van der Waals surface area (Å²) in [4.78, 5) is 15.8. The number of likely N-dealkylation sites (tertiary alicyclic amines) is 1. The average Bonchev–Trinajstić information content (AvgIpc) is 2.38. The van der Waals surface area contributed by atoms with Crippen LogP contribution in [0.15, 0.2) is 0 Å². The highest BCUT2D eigenvalue weighted by Crippen LogP contribution is 2.16. The van der Waals surface area contributed by atoms with Crippen molar-refractivity contribution in [1.29, 1.82) is 0 Å². The fourth-order valence-corrected chi connectivity index (χ4v) is 2.77. The molecule has 0 aromatic carbocycles. The summed E-state index contributed by atoms with van der Waals surface area (Å²) in [6.07, 6.45) is 4.32. The van der Waals surface area contributed by atoms with E-state index in [0.717, 1.165) is 37.9 Å². The molecule has 1 aliphatic rings. The number of nitrogens with zero attached hydrogens (tertiary/aromatic N) is 2. The maximum absolute atomic E-state index is 11.6. The third-order valence-electron chi connectivity index (χ3n) is 3.95. The van der Waals surface area contributed by atoms with Crippen LogP contribution in [0.5, 0.6) is 0 Å². The summed E-state index contributed by atoms with van der Waals surface area (Å²) in [6, 6.07) is 0. The number of hydrogen-bond donors (Lipinski definition) is 1. The second-order valence-corrected chi connectivity index (χ2v) is 6.75. The van der Waals surface area contributed by atoms with Gasteiger partial charge in [0.15, 0.2) is 0 Å². The Kier molecular flexibility index (Phi) is 8.15. The molecule has 1 aliphatic heterocycles. The Morgan fingerprint density at radius 1 is 1.40 bits per heavy atom. The standard InChI is InChI=1S/C16H33N3O/c1-14(2)11-17-12-15-7-5-9-19(13-15)10-6-8-16(20)18(3)4/h14-15,17H,5-13H2,1-4H3. The Bertz CT molecular complexity index is 279. The zero-order valence-electron chi connectivity index (χ0n) is 13.8. The number of carbonyl (C=O) groups is 1. The smallest absolute Gasteiger partial charge is 0.222 e. The molecule has 0 spiro atoms. The SMILES string of the molecule is CC(C)CNCC1CCCN(CCCC(=O)N(C)C)C1. The largest absolute Gasteiger partial charge is 0.349 e. The number of piperidine rings is 1. The first-order valence-corrected chi connectivity index (χ1v) is 8.12. The number of carbonyl (C=O) groups excluding carboxylic acids is 1. The summed E-state index contributed by atoms with van der Waals surface area (Å²) >= 11 is 0. The van der Waals surface area contributed by atoms with Gasteiger partial charge in [-0.25, -0.2) is 0 Å². The van der Waals surface area contributed by atoms with E-state index in [9.17, 15) is 4.79 Å². The Hall–Kier alpha value is -0.610. The van der Waals surface area contributed by atoms with Crippen molar-refractivity contribution in [3.63, 3.8) is 0 Å². The fraction of sp³-hybridized carbons (Fsp3) is 0.938. The molecule has 1 saturated heterocycles. The van der Waals surface area contributed by atoms with Crippen molar-refractivity contribution in [3.05, 3.63) is 0 Å². The van der Waals surface area contributed by atoms with Crippen LogP contribution < -0.4 is 5.32 Å². The van der Waals surface area contributed by atoms with E-state index in [-0.39, 0.29) is 5.91 Å². The third kappa shape index (κ3) is 7.25. The molecule has 1 heterocycles. The van der Waals surface area contributed by atoms with Crippen molar-refractivity contribution in [2.45, 2.75) is 39.5 Å². The summed E-state index contributed by atoms with van der Waals surface area (Å²) in [5.74, 6) is 1.76. The zero-order chi connectivity index (χ0) is 15.0. The number of rotatable bonds is 8. The first-order valence-electron chi connectivity index (χ1n) is 8.12. The normalized spacial score (nSPS) is 20.4. The van der Waals surface area contributed by atoms with E-state index in [1.807, 2.05) is 14.1 Å². The molecule has 4 heteroatoms. The van der Waals surface area contributed by atoms with Gasteiger partial charge in [0, 0.05) is 27.1 Å². The van der Waals surface area contributed by atoms with Crippen LogP contribution in [0.3, 0.4) is 0 Å². The molecule has 4 nitrogen and oxygen atoms in total. The van der Waals surface area contributed by atoms with Gasteiger partial charge in [0.25, 0.3) is 0 Å². The Morgan fingerprint density at radius 2 is 2.15 bits per heavy atom. The van der Waals surface area contributed by atoms with E-state index in [4.69, 9.17) is 0 Å². The van der Waals surface area contributed by atoms with Crippen molar-refractivity contribution in [1.82, 2.24) is 15.1 Å².